The van der Waals surface area contributed by atoms with Crippen LogP contribution in [0.25, 0.3) is 0 Å². The quantitative estimate of drug-likeness (QED) is 0.840. The number of thioether (sulfide) groups is 1. The van der Waals surface area contributed by atoms with Crippen molar-refractivity contribution in [1.29, 1.82) is 0 Å². The van der Waals surface area contributed by atoms with Crippen LogP contribution in [0.15, 0.2) is 23.1 Å². The molecule has 0 aliphatic carbocycles. The van der Waals surface area contributed by atoms with Crippen molar-refractivity contribution in [2.75, 3.05) is 12.8 Å². The number of hydrogen-bond donors (Lipinski definition) is 1. The summed E-state index contributed by atoms with van der Waals surface area (Å²) < 4.78 is 0. The van der Waals surface area contributed by atoms with E-state index >= 15 is 0 Å². The number of piperidine rings is 1. The van der Waals surface area contributed by atoms with Crippen LogP contribution in [0.1, 0.15) is 25.7 Å². The summed E-state index contributed by atoms with van der Waals surface area (Å²) in [5.74, 6) is 0. The molecule has 2 saturated heterocycles. The molecule has 2 nitrogen and oxygen atoms in total. The maximum absolute atomic E-state index is 6.25. The van der Waals surface area contributed by atoms with Crippen LogP contribution in [0, 0.1) is 0 Å². The van der Waals surface area contributed by atoms with Gasteiger partial charge in [0.2, 0.25) is 0 Å². The van der Waals surface area contributed by atoms with E-state index in [0.717, 1.165) is 22.8 Å². The van der Waals surface area contributed by atoms with Gasteiger partial charge in [0.1, 0.15) is 0 Å². The first-order chi connectivity index (χ1) is 8.63. The molecule has 0 aromatic heterocycles. The van der Waals surface area contributed by atoms with Crippen LogP contribution in [0.2, 0.25) is 5.02 Å². The molecule has 2 aliphatic heterocycles. The SMILES string of the molecule is CN1C2CCC1CC(Sc1ccc(N)cc1Cl)C2. The molecule has 2 atom stereocenters. The van der Waals surface area contributed by atoms with E-state index < -0.39 is 0 Å². The highest BCUT2D eigenvalue weighted by Gasteiger charge is 2.38. The predicted molar refractivity (Wildman–Crippen MR) is 79.3 cm³/mol. The van der Waals surface area contributed by atoms with Crippen LogP contribution in [0.4, 0.5) is 5.69 Å². The Morgan fingerprint density at radius 3 is 2.56 bits per heavy atom. The summed E-state index contributed by atoms with van der Waals surface area (Å²) in [6.45, 7) is 0. The summed E-state index contributed by atoms with van der Waals surface area (Å²) >= 11 is 8.19. The number of nitrogens with two attached hydrogens (primary N) is 1. The van der Waals surface area contributed by atoms with Crippen LogP contribution in [-0.2, 0) is 0 Å². The van der Waals surface area contributed by atoms with Crippen molar-refractivity contribution in [1.82, 2.24) is 4.90 Å². The molecule has 0 radical (unpaired) electrons. The predicted octanol–water partition coefficient (Wildman–Crippen LogP) is 3.64. The molecule has 2 N–H and O–H groups in total. The highest BCUT2D eigenvalue weighted by molar-refractivity contribution is 8.00. The molecule has 4 heteroatoms. The largest absolute Gasteiger partial charge is 0.399 e. The Bertz CT molecular complexity index is 437. The third-order valence-corrected chi connectivity index (χ3v) is 6.06. The van der Waals surface area contributed by atoms with Crippen molar-refractivity contribution in [3.8, 4) is 0 Å². The number of hydrogen-bond acceptors (Lipinski definition) is 3. The van der Waals surface area contributed by atoms with Crippen LogP contribution in [0.3, 0.4) is 0 Å². The number of fused-ring (bicyclic) bond motifs is 2. The lowest BCUT2D eigenvalue weighted by molar-refractivity contribution is 0.183. The zero-order chi connectivity index (χ0) is 12.7. The highest BCUT2D eigenvalue weighted by Crippen LogP contribution is 2.43. The zero-order valence-corrected chi connectivity index (χ0v) is 12.2. The summed E-state index contributed by atoms with van der Waals surface area (Å²) in [4.78, 5) is 3.75. The van der Waals surface area contributed by atoms with E-state index in [-0.39, 0.29) is 0 Å². The Kier molecular flexibility index (Phi) is 3.48. The van der Waals surface area contributed by atoms with Crippen molar-refractivity contribution in [3.63, 3.8) is 0 Å². The highest BCUT2D eigenvalue weighted by atomic mass is 35.5. The number of halogens is 1. The van der Waals surface area contributed by atoms with E-state index in [1.165, 1.54) is 30.6 Å². The number of nitrogen functional groups attached to an aromatic ring is 1. The van der Waals surface area contributed by atoms with Gasteiger partial charge in [-0.15, -0.1) is 11.8 Å². The Hall–Kier alpha value is -0.380. The molecular formula is C14H19ClN2S. The number of rotatable bonds is 2. The number of anilines is 1. The van der Waals surface area contributed by atoms with Gasteiger partial charge in [0.25, 0.3) is 0 Å². The van der Waals surface area contributed by atoms with Crippen molar-refractivity contribution >= 4 is 29.1 Å². The molecule has 0 saturated carbocycles. The minimum absolute atomic E-state index is 0.708. The van der Waals surface area contributed by atoms with Crippen molar-refractivity contribution in [2.45, 2.75) is 47.9 Å². The number of nitrogens with zero attached hydrogens (tertiary/aromatic N) is 1. The second-order valence-corrected chi connectivity index (χ2v) is 7.20. The number of benzene rings is 1. The summed E-state index contributed by atoms with van der Waals surface area (Å²) in [6, 6.07) is 7.43. The summed E-state index contributed by atoms with van der Waals surface area (Å²) in [5, 5.41) is 1.51. The topological polar surface area (TPSA) is 29.3 Å². The van der Waals surface area contributed by atoms with Gasteiger partial charge < -0.3 is 10.6 Å². The lowest BCUT2D eigenvalue weighted by atomic mass is 10.0. The first kappa shape index (κ1) is 12.6. The lowest BCUT2D eigenvalue weighted by Crippen LogP contribution is -2.40. The molecule has 3 rings (SSSR count). The smallest absolute Gasteiger partial charge is 0.0562 e. The fourth-order valence-electron chi connectivity index (χ4n) is 3.25. The van der Waals surface area contributed by atoms with Gasteiger partial charge in [-0.25, -0.2) is 0 Å². The molecule has 2 fully saturated rings. The van der Waals surface area contributed by atoms with E-state index in [0.29, 0.717) is 5.25 Å². The fraction of sp³-hybridized carbons (Fsp3) is 0.571. The zero-order valence-electron chi connectivity index (χ0n) is 10.6. The fourth-order valence-corrected chi connectivity index (χ4v) is 4.89. The standard InChI is InChI=1S/C14H19ClN2S/c1-17-10-3-4-11(17)8-12(7-10)18-14-5-2-9(16)6-13(14)15/h2,5-6,10-12H,3-4,7-8,16H2,1H3. The Morgan fingerprint density at radius 2 is 1.94 bits per heavy atom. The first-order valence-corrected chi connectivity index (χ1v) is 7.83. The average molecular weight is 283 g/mol. The van der Waals surface area contributed by atoms with E-state index in [9.17, 15) is 0 Å². The molecule has 18 heavy (non-hydrogen) atoms. The summed E-state index contributed by atoms with van der Waals surface area (Å²) in [6.07, 6.45) is 5.32. The van der Waals surface area contributed by atoms with Crippen LogP contribution < -0.4 is 5.73 Å². The molecule has 2 aliphatic rings. The van der Waals surface area contributed by atoms with E-state index in [1.807, 2.05) is 23.9 Å². The van der Waals surface area contributed by atoms with Crippen molar-refractivity contribution in [2.24, 2.45) is 0 Å². The maximum Gasteiger partial charge on any atom is 0.0562 e. The van der Waals surface area contributed by atoms with E-state index in [4.69, 9.17) is 17.3 Å². The third kappa shape index (κ3) is 2.36. The molecule has 98 valence electrons. The molecule has 1 aromatic rings. The Balaban J connectivity index is 1.70. The molecule has 0 spiro atoms. The molecule has 2 heterocycles. The first-order valence-electron chi connectivity index (χ1n) is 6.57. The van der Waals surface area contributed by atoms with Gasteiger partial charge >= 0.3 is 0 Å². The van der Waals surface area contributed by atoms with Gasteiger partial charge in [-0.2, -0.15) is 0 Å². The summed E-state index contributed by atoms with van der Waals surface area (Å²) in [7, 11) is 2.28. The lowest BCUT2D eigenvalue weighted by Gasteiger charge is -2.36. The van der Waals surface area contributed by atoms with E-state index in [1.54, 1.807) is 0 Å². The van der Waals surface area contributed by atoms with Gasteiger partial charge in [0, 0.05) is 27.9 Å². The second kappa shape index (κ2) is 4.95. The van der Waals surface area contributed by atoms with Crippen molar-refractivity contribution < 1.29 is 0 Å². The normalized spacial score (nSPS) is 31.8. The third-order valence-electron chi connectivity index (χ3n) is 4.30. The molecular weight excluding hydrogens is 264 g/mol. The minimum atomic E-state index is 0.708. The molecule has 2 unspecified atom stereocenters. The summed E-state index contributed by atoms with van der Waals surface area (Å²) in [5.41, 5.74) is 6.48. The van der Waals surface area contributed by atoms with Crippen LogP contribution >= 0.6 is 23.4 Å². The van der Waals surface area contributed by atoms with Gasteiger partial charge in [-0.3, -0.25) is 0 Å². The monoisotopic (exact) mass is 282 g/mol. The Morgan fingerprint density at radius 1 is 1.28 bits per heavy atom. The Labute approximate surface area is 118 Å². The van der Waals surface area contributed by atoms with Crippen molar-refractivity contribution in [3.05, 3.63) is 23.2 Å². The average Bonchev–Trinajstić information content (AvgIpc) is 2.57. The molecule has 0 amide bonds. The van der Waals surface area contributed by atoms with Crippen LogP contribution in [-0.4, -0.2) is 29.3 Å². The molecule has 1 aromatic carbocycles. The van der Waals surface area contributed by atoms with Gasteiger partial charge in [0.15, 0.2) is 0 Å². The minimum Gasteiger partial charge on any atom is -0.399 e. The van der Waals surface area contributed by atoms with Gasteiger partial charge in [-0.05, 0) is 50.9 Å². The van der Waals surface area contributed by atoms with E-state index in [2.05, 4.69) is 18.0 Å². The van der Waals surface area contributed by atoms with Crippen LogP contribution in [0.5, 0.6) is 0 Å². The molecule has 2 bridgehead atoms. The van der Waals surface area contributed by atoms with Gasteiger partial charge in [0.05, 0.1) is 5.02 Å². The van der Waals surface area contributed by atoms with Gasteiger partial charge in [-0.1, -0.05) is 11.6 Å². The maximum atomic E-state index is 6.25. The second-order valence-electron chi connectivity index (χ2n) is 5.45.